The SMILES string of the molecule is Cc1c(NC2CC(c3ccc(C(=O)N4CCC5(CCC(c6ccc(C7CCC(=O)NC7=O)c(F)c6)CC5)CC4)cc3)CN(C)C2)cnn(C)c1=O. The molecular formula is C40H49FN6O4. The van der Waals surface area contributed by atoms with E-state index in [1.54, 1.807) is 25.4 Å². The molecule has 10 nitrogen and oxygen atoms in total. The molecule has 3 amide bonds. The fourth-order valence-electron chi connectivity index (χ4n) is 9.08. The highest BCUT2D eigenvalue weighted by molar-refractivity contribution is 6.01. The molecule has 1 saturated carbocycles. The van der Waals surface area contributed by atoms with Crippen molar-refractivity contribution in [3.8, 4) is 0 Å². The molecule has 3 atom stereocenters. The third kappa shape index (κ3) is 7.36. The summed E-state index contributed by atoms with van der Waals surface area (Å²) in [5.41, 5.74) is 4.87. The predicted molar refractivity (Wildman–Crippen MR) is 193 cm³/mol. The number of aromatic nitrogens is 2. The summed E-state index contributed by atoms with van der Waals surface area (Å²) in [7, 11) is 3.78. The minimum absolute atomic E-state index is 0.0885. The molecule has 0 bridgehead atoms. The summed E-state index contributed by atoms with van der Waals surface area (Å²) in [6.45, 7) is 5.13. The van der Waals surface area contributed by atoms with E-state index in [-0.39, 0.29) is 47.0 Å². The van der Waals surface area contributed by atoms with Gasteiger partial charge in [-0.1, -0.05) is 24.3 Å². The molecular weight excluding hydrogens is 647 g/mol. The summed E-state index contributed by atoms with van der Waals surface area (Å²) in [6.07, 6.45) is 9.28. The first-order chi connectivity index (χ1) is 24.5. The molecule has 0 radical (unpaired) electrons. The third-order valence-electron chi connectivity index (χ3n) is 12.3. The molecule has 3 aromatic rings. The molecule has 3 unspecified atom stereocenters. The van der Waals surface area contributed by atoms with Gasteiger partial charge < -0.3 is 15.1 Å². The van der Waals surface area contributed by atoms with Crippen LogP contribution in [0.15, 0.2) is 53.5 Å². The smallest absolute Gasteiger partial charge is 0.271 e. The fourth-order valence-corrected chi connectivity index (χ4v) is 9.08. The van der Waals surface area contributed by atoms with Crippen LogP contribution in [0.1, 0.15) is 108 Å². The lowest BCUT2D eigenvalue weighted by atomic mass is 9.64. The van der Waals surface area contributed by atoms with Crippen LogP contribution in [0.4, 0.5) is 10.1 Å². The first kappa shape index (κ1) is 35.0. The number of likely N-dealkylation sites (N-methyl/N-ethyl adjacent to an activating group) is 1. The van der Waals surface area contributed by atoms with Crippen LogP contribution in [-0.4, -0.2) is 76.6 Å². The Morgan fingerprint density at radius 1 is 0.922 bits per heavy atom. The summed E-state index contributed by atoms with van der Waals surface area (Å²) >= 11 is 0. The number of rotatable bonds is 6. The standard InChI is InChI=1S/C40H49FN6O4/c1-25-35(22-42-46(3)38(25)50)43-31-20-30(23-45(2)24-31)26-4-6-28(7-5-26)39(51)47-18-16-40(17-19-47)14-12-27(13-15-40)29-8-9-32(34(41)21-29)33-10-11-36(48)44-37(33)49/h4-9,21-22,27,30-31,33,43H,10-20,23-24H2,1-3H3,(H,44,48,49). The molecule has 1 aliphatic carbocycles. The first-order valence-electron chi connectivity index (χ1n) is 18.5. The molecule has 7 rings (SSSR count). The van der Waals surface area contributed by atoms with Crippen LogP contribution in [0, 0.1) is 18.2 Å². The van der Waals surface area contributed by atoms with Gasteiger partial charge in [-0.3, -0.25) is 24.5 Å². The molecule has 4 aliphatic rings. The maximum absolute atomic E-state index is 15.2. The Morgan fingerprint density at radius 2 is 1.63 bits per heavy atom. The Balaban J connectivity index is 0.911. The number of halogens is 1. The summed E-state index contributed by atoms with van der Waals surface area (Å²) in [4.78, 5) is 54.1. The highest BCUT2D eigenvalue weighted by Crippen LogP contribution is 2.49. The van der Waals surface area contributed by atoms with Crippen molar-refractivity contribution in [3.63, 3.8) is 0 Å². The van der Waals surface area contributed by atoms with Crippen LogP contribution in [-0.2, 0) is 16.6 Å². The van der Waals surface area contributed by atoms with E-state index in [0.717, 1.165) is 87.9 Å². The third-order valence-corrected chi connectivity index (χ3v) is 12.3. The van der Waals surface area contributed by atoms with Gasteiger partial charge in [0.1, 0.15) is 5.82 Å². The van der Waals surface area contributed by atoms with Crippen molar-refractivity contribution in [2.45, 2.75) is 88.5 Å². The highest BCUT2D eigenvalue weighted by atomic mass is 19.1. The van der Waals surface area contributed by atoms with E-state index < -0.39 is 11.8 Å². The molecule has 270 valence electrons. The summed E-state index contributed by atoms with van der Waals surface area (Å²) < 4.78 is 16.6. The van der Waals surface area contributed by atoms with E-state index in [2.05, 4.69) is 39.8 Å². The van der Waals surface area contributed by atoms with Crippen LogP contribution >= 0.6 is 0 Å². The van der Waals surface area contributed by atoms with Gasteiger partial charge in [0.05, 0.1) is 17.8 Å². The molecule has 4 fully saturated rings. The Labute approximate surface area is 298 Å². The number of aryl methyl sites for hydroxylation is 1. The number of carbonyl (C=O) groups excluding carboxylic acids is 3. The Bertz CT molecular complexity index is 1860. The zero-order valence-electron chi connectivity index (χ0n) is 29.9. The number of benzene rings is 2. The maximum Gasteiger partial charge on any atom is 0.271 e. The van der Waals surface area contributed by atoms with Gasteiger partial charge >= 0.3 is 0 Å². The van der Waals surface area contributed by atoms with E-state index in [1.165, 1.54) is 10.2 Å². The van der Waals surface area contributed by atoms with Crippen LogP contribution in [0.25, 0.3) is 0 Å². The summed E-state index contributed by atoms with van der Waals surface area (Å²) in [5, 5.41) is 10.1. The van der Waals surface area contributed by atoms with Crippen LogP contribution in [0.3, 0.4) is 0 Å². The zero-order valence-corrected chi connectivity index (χ0v) is 29.9. The molecule has 3 saturated heterocycles. The van der Waals surface area contributed by atoms with Crippen molar-refractivity contribution in [1.29, 1.82) is 0 Å². The normalized spacial score (nSPS) is 24.4. The van der Waals surface area contributed by atoms with Gasteiger partial charge in [0.15, 0.2) is 0 Å². The monoisotopic (exact) mass is 696 g/mol. The average molecular weight is 697 g/mol. The minimum atomic E-state index is -0.617. The number of nitrogens with one attached hydrogen (secondary N) is 2. The molecule has 1 aromatic heterocycles. The van der Waals surface area contributed by atoms with E-state index in [0.29, 0.717) is 23.5 Å². The molecule has 51 heavy (non-hydrogen) atoms. The van der Waals surface area contributed by atoms with Gasteiger partial charge in [-0.2, -0.15) is 5.10 Å². The second-order valence-corrected chi connectivity index (χ2v) is 15.6. The molecule has 1 spiro atoms. The van der Waals surface area contributed by atoms with Gasteiger partial charge in [-0.15, -0.1) is 0 Å². The van der Waals surface area contributed by atoms with Crippen LogP contribution < -0.4 is 16.2 Å². The first-order valence-corrected chi connectivity index (χ1v) is 18.5. The number of hydrogen-bond donors (Lipinski definition) is 2. The fraction of sp³-hybridized carbons (Fsp3) is 0.525. The van der Waals surface area contributed by atoms with Gasteiger partial charge in [-0.05, 0) is 112 Å². The van der Waals surface area contributed by atoms with Crippen molar-refractivity contribution in [1.82, 2.24) is 24.9 Å². The number of piperidine rings is 3. The number of imide groups is 1. The molecule has 11 heteroatoms. The van der Waals surface area contributed by atoms with Crippen LogP contribution in [0.2, 0.25) is 0 Å². The van der Waals surface area contributed by atoms with E-state index in [9.17, 15) is 19.2 Å². The minimum Gasteiger partial charge on any atom is -0.379 e. The Kier molecular flexibility index (Phi) is 9.84. The number of likely N-dealkylation sites (tertiary alicyclic amines) is 2. The second kappa shape index (κ2) is 14.3. The van der Waals surface area contributed by atoms with Crippen molar-refractivity contribution in [2.75, 3.05) is 38.5 Å². The van der Waals surface area contributed by atoms with Gasteiger partial charge in [0, 0.05) is 62.4 Å². The van der Waals surface area contributed by atoms with Gasteiger partial charge in [-0.25, -0.2) is 9.07 Å². The number of hydrogen-bond acceptors (Lipinski definition) is 7. The maximum atomic E-state index is 15.2. The molecule has 2 N–H and O–H groups in total. The van der Waals surface area contributed by atoms with Crippen molar-refractivity contribution in [2.24, 2.45) is 12.5 Å². The highest BCUT2D eigenvalue weighted by Gasteiger charge is 2.40. The van der Waals surface area contributed by atoms with Gasteiger partial charge in [0.2, 0.25) is 11.8 Å². The van der Waals surface area contributed by atoms with Crippen molar-refractivity contribution in [3.05, 3.63) is 92.6 Å². The number of amides is 3. The van der Waals surface area contributed by atoms with Crippen LogP contribution in [0.5, 0.6) is 0 Å². The van der Waals surface area contributed by atoms with E-state index in [4.69, 9.17) is 0 Å². The zero-order chi connectivity index (χ0) is 35.9. The van der Waals surface area contributed by atoms with E-state index in [1.807, 2.05) is 30.0 Å². The lowest BCUT2D eigenvalue weighted by Crippen LogP contribution is -2.44. The lowest BCUT2D eigenvalue weighted by Gasteiger charge is -2.46. The Hall–Kier alpha value is -4.38. The molecule has 3 aliphatic heterocycles. The average Bonchev–Trinajstić information content (AvgIpc) is 3.12. The van der Waals surface area contributed by atoms with E-state index >= 15 is 4.39 Å². The summed E-state index contributed by atoms with van der Waals surface area (Å²) in [5.74, 6) is -1.02. The largest absolute Gasteiger partial charge is 0.379 e. The quantitative estimate of drug-likeness (QED) is 0.340. The topological polar surface area (TPSA) is 117 Å². The molecule has 4 heterocycles. The Morgan fingerprint density at radius 3 is 2.31 bits per heavy atom. The number of carbonyl (C=O) groups is 3. The summed E-state index contributed by atoms with van der Waals surface area (Å²) in [6, 6.07) is 13.6. The number of nitrogens with zero attached hydrogens (tertiary/aromatic N) is 4. The van der Waals surface area contributed by atoms with Crippen molar-refractivity contribution < 1.29 is 18.8 Å². The van der Waals surface area contributed by atoms with Crippen molar-refractivity contribution >= 4 is 23.4 Å². The number of anilines is 1. The van der Waals surface area contributed by atoms with Gasteiger partial charge in [0.25, 0.3) is 11.5 Å². The molecule has 2 aromatic carbocycles. The lowest BCUT2D eigenvalue weighted by molar-refractivity contribution is -0.134. The predicted octanol–water partition coefficient (Wildman–Crippen LogP) is 5.23. The second-order valence-electron chi connectivity index (χ2n) is 15.6.